The first-order valence-electron chi connectivity index (χ1n) is 4.31. The van der Waals surface area contributed by atoms with Crippen molar-refractivity contribution in [2.24, 2.45) is 0 Å². The summed E-state index contributed by atoms with van der Waals surface area (Å²) in [7, 11) is 0. The van der Waals surface area contributed by atoms with Crippen molar-refractivity contribution < 1.29 is 24.8 Å². The standard InChI is InChI=1S/C10H8O5S/c11-9-4-6-1-2-8(16-15-14-13)3-7(6)5-10(9)12/h1-5,11-13H. The molecule has 2 aromatic rings. The lowest BCUT2D eigenvalue weighted by molar-refractivity contribution is -0.432. The summed E-state index contributed by atoms with van der Waals surface area (Å²) in [6.45, 7) is 0. The van der Waals surface area contributed by atoms with Crippen molar-refractivity contribution >= 4 is 22.8 Å². The lowest BCUT2D eigenvalue weighted by atomic mass is 10.1. The van der Waals surface area contributed by atoms with Crippen LogP contribution in [0.5, 0.6) is 11.5 Å². The minimum Gasteiger partial charge on any atom is -0.504 e. The molecule has 0 aliphatic heterocycles. The molecular weight excluding hydrogens is 232 g/mol. The van der Waals surface area contributed by atoms with Crippen LogP contribution in [0.2, 0.25) is 0 Å². The fraction of sp³-hybridized carbons (Fsp3) is 0. The van der Waals surface area contributed by atoms with Crippen LogP contribution in [0, 0.1) is 0 Å². The summed E-state index contributed by atoms with van der Waals surface area (Å²) < 4.78 is 4.28. The van der Waals surface area contributed by atoms with Gasteiger partial charge in [-0.05, 0) is 35.0 Å². The summed E-state index contributed by atoms with van der Waals surface area (Å²) in [5, 5.41) is 31.6. The van der Waals surface area contributed by atoms with E-state index in [0.29, 0.717) is 4.90 Å². The molecule has 0 heterocycles. The van der Waals surface area contributed by atoms with Crippen molar-refractivity contribution in [3.63, 3.8) is 0 Å². The van der Waals surface area contributed by atoms with Gasteiger partial charge in [0.1, 0.15) is 0 Å². The molecule has 84 valence electrons. The van der Waals surface area contributed by atoms with Gasteiger partial charge in [-0.15, -0.1) is 4.33 Å². The van der Waals surface area contributed by atoms with E-state index in [9.17, 15) is 10.2 Å². The van der Waals surface area contributed by atoms with Gasteiger partial charge in [0.05, 0.1) is 12.0 Å². The van der Waals surface area contributed by atoms with E-state index in [4.69, 9.17) is 5.26 Å². The van der Waals surface area contributed by atoms with Gasteiger partial charge in [0.2, 0.25) is 0 Å². The molecule has 0 spiro atoms. The summed E-state index contributed by atoms with van der Waals surface area (Å²) in [6, 6.07) is 8.09. The number of aromatic hydroxyl groups is 2. The van der Waals surface area contributed by atoms with Gasteiger partial charge in [-0.1, -0.05) is 11.1 Å². The monoisotopic (exact) mass is 240 g/mol. The van der Waals surface area contributed by atoms with E-state index in [0.717, 1.165) is 22.8 Å². The third kappa shape index (κ3) is 2.20. The minimum absolute atomic E-state index is 0.164. The molecule has 0 amide bonds. The Kier molecular flexibility index (Phi) is 3.16. The van der Waals surface area contributed by atoms with Gasteiger partial charge in [0, 0.05) is 4.90 Å². The maximum Gasteiger partial charge on any atom is 0.158 e. The van der Waals surface area contributed by atoms with Crippen molar-refractivity contribution in [1.29, 1.82) is 0 Å². The third-order valence-electron chi connectivity index (χ3n) is 2.07. The zero-order valence-electron chi connectivity index (χ0n) is 7.95. The molecule has 16 heavy (non-hydrogen) atoms. The van der Waals surface area contributed by atoms with E-state index < -0.39 is 0 Å². The highest BCUT2D eigenvalue weighted by molar-refractivity contribution is 7.94. The lowest BCUT2D eigenvalue weighted by Crippen LogP contribution is -1.80. The maximum absolute atomic E-state index is 9.33. The summed E-state index contributed by atoms with van der Waals surface area (Å²) in [5.74, 6) is -0.350. The Labute approximate surface area is 94.9 Å². The van der Waals surface area contributed by atoms with Crippen molar-refractivity contribution in [2.75, 3.05) is 0 Å². The van der Waals surface area contributed by atoms with Crippen LogP contribution in [-0.4, -0.2) is 15.5 Å². The Hall–Kier alpha value is -1.47. The smallest absolute Gasteiger partial charge is 0.158 e. The maximum atomic E-state index is 9.33. The molecule has 0 aromatic heterocycles. The van der Waals surface area contributed by atoms with Crippen molar-refractivity contribution in [3.05, 3.63) is 30.3 Å². The fourth-order valence-corrected chi connectivity index (χ4v) is 1.77. The average molecular weight is 240 g/mol. The Balaban J connectivity index is 2.41. The van der Waals surface area contributed by atoms with E-state index in [1.807, 2.05) is 0 Å². The van der Waals surface area contributed by atoms with E-state index in [1.165, 1.54) is 12.1 Å². The predicted molar refractivity (Wildman–Crippen MR) is 57.9 cm³/mol. The lowest BCUT2D eigenvalue weighted by Gasteiger charge is -2.03. The average Bonchev–Trinajstić information content (AvgIpc) is 2.28. The van der Waals surface area contributed by atoms with Gasteiger partial charge < -0.3 is 10.2 Å². The Morgan fingerprint density at radius 3 is 2.31 bits per heavy atom. The van der Waals surface area contributed by atoms with Crippen LogP contribution in [0.3, 0.4) is 0 Å². The minimum atomic E-state index is -0.186. The highest BCUT2D eigenvalue weighted by atomic mass is 32.2. The molecule has 6 heteroatoms. The molecule has 0 saturated heterocycles. The van der Waals surface area contributed by atoms with E-state index in [2.05, 4.69) is 9.37 Å². The summed E-state index contributed by atoms with van der Waals surface area (Å²) in [4.78, 5) is 0.687. The molecule has 0 fully saturated rings. The molecule has 0 radical (unpaired) electrons. The fourth-order valence-electron chi connectivity index (χ4n) is 1.36. The molecule has 5 nitrogen and oxygen atoms in total. The molecule has 0 atom stereocenters. The topological polar surface area (TPSA) is 79.2 Å². The summed E-state index contributed by atoms with van der Waals surface area (Å²) in [5.41, 5.74) is 0. The zero-order valence-corrected chi connectivity index (χ0v) is 8.77. The van der Waals surface area contributed by atoms with Crippen LogP contribution < -0.4 is 0 Å². The number of benzene rings is 2. The van der Waals surface area contributed by atoms with Crippen LogP contribution in [-0.2, 0) is 9.37 Å². The predicted octanol–water partition coefficient (Wildman–Crippen LogP) is 2.68. The molecule has 0 aliphatic rings. The van der Waals surface area contributed by atoms with Gasteiger partial charge in [0.25, 0.3) is 0 Å². The second-order valence-corrected chi connectivity index (χ2v) is 3.85. The SMILES string of the molecule is OOOSc1ccc2cc(O)c(O)cc2c1. The molecule has 2 rings (SSSR count). The first-order valence-corrected chi connectivity index (χ1v) is 5.05. The number of hydrogen-bond donors (Lipinski definition) is 3. The van der Waals surface area contributed by atoms with Crippen LogP contribution in [0.1, 0.15) is 0 Å². The Morgan fingerprint density at radius 1 is 0.938 bits per heavy atom. The summed E-state index contributed by atoms with van der Waals surface area (Å²) >= 11 is 0.829. The second-order valence-electron chi connectivity index (χ2n) is 3.08. The molecule has 3 N–H and O–H groups in total. The molecule has 0 unspecified atom stereocenters. The highest BCUT2D eigenvalue weighted by Crippen LogP contribution is 2.32. The van der Waals surface area contributed by atoms with Gasteiger partial charge in [-0.3, -0.25) is 0 Å². The van der Waals surface area contributed by atoms with Crippen molar-refractivity contribution in [3.8, 4) is 11.5 Å². The van der Waals surface area contributed by atoms with E-state index in [-0.39, 0.29) is 11.5 Å². The van der Waals surface area contributed by atoms with E-state index >= 15 is 0 Å². The first-order chi connectivity index (χ1) is 7.70. The molecule has 2 aromatic carbocycles. The highest BCUT2D eigenvalue weighted by Gasteiger charge is 2.04. The van der Waals surface area contributed by atoms with Gasteiger partial charge in [-0.25, -0.2) is 5.26 Å². The zero-order chi connectivity index (χ0) is 11.5. The third-order valence-corrected chi connectivity index (χ3v) is 2.64. The van der Waals surface area contributed by atoms with Crippen molar-refractivity contribution in [1.82, 2.24) is 0 Å². The molecular formula is C10H8O5S. The number of hydrogen-bond acceptors (Lipinski definition) is 6. The normalized spacial score (nSPS) is 10.8. The van der Waals surface area contributed by atoms with Crippen LogP contribution in [0.25, 0.3) is 10.8 Å². The van der Waals surface area contributed by atoms with Gasteiger partial charge >= 0.3 is 0 Å². The number of fused-ring (bicyclic) bond motifs is 1. The Morgan fingerprint density at radius 2 is 1.62 bits per heavy atom. The quantitative estimate of drug-likeness (QED) is 0.331. The molecule has 0 saturated carbocycles. The number of phenols is 2. The first kappa shape index (κ1) is 11.0. The van der Waals surface area contributed by atoms with Crippen LogP contribution in [0.4, 0.5) is 0 Å². The second kappa shape index (κ2) is 4.58. The van der Waals surface area contributed by atoms with Crippen LogP contribution in [0.15, 0.2) is 35.2 Å². The van der Waals surface area contributed by atoms with Gasteiger partial charge in [0.15, 0.2) is 11.5 Å². The van der Waals surface area contributed by atoms with E-state index in [1.54, 1.807) is 18.2 Å². The number of phenolic OH excluding ortho intramolecular Hbond substituents is 2. The largest absolute Gasteiger partial charge is 0.504 e. The summed E-state index contributed by atoms with van der Waals surface area (Å²) in [6.07, 6.45) is 0. The van der Waals surface area contributed by atoms with Crippen LogP contribution >= 0.6 is 12.0 Å². The van der Waals surface area contributed by atoms with Gasteiger partial charge in [-0.2, -0.15) is 0 Å². The molecule has 0 bridgehead atoms. The van der Waals surface area contributed by atoms with Crippen molar-refractivity contribution in [2.45, 2.75) is 4.90 Å². The molecule has 0 aliphatic carbocycles. The Bertz CT molecular complexity index is 514. The number of rotatable bonds is 3.